The number of fused-ring (bicyclic) bond motifs is 1. The molecule has 2 amide bonds. The number of anilines is 1. The van der Waals surface area contributed by atoms with Crippen molar-refractivity contribution in [3.63, 3.8) is 0 Å². The highest BCUT2D eigenvalue weighted by molar-refractivity contribution is 8.00. The standard InChI is InChI=1S/C23H26FN3O3S/c1-26(23(30)10-15-5-6-21-19(9-15)25-22(29)14-31-21)20(13-27-8-7-18(28)12-27)16-3-2-4-17(24)11-16/h2-6,9,11,18,20,28H,7-8,10,12-14H2,1H3,(H,25,29)/t18?,20-/m1/s1. The van der Waals surface area contributed by atoms with E-state index in [2.05, 4.69) is 10.2 Å². The summed E-state index contributed by atoms with van der Waals surface area (Å²) in [6, 6.07) is 11.7. The van der Waals surface area contributed by atoms with Crippen LogP contribution < -0.4 is 5.32 Å². The van der Waals surface area contributed by atoms with Crippen molar-refractivity contribution in [3.8, 4) is 0 Å². The number of thioether (sulfide) groups is 1. The number of aliphatic hydroxyl groups is 1. The number of nitrogens with one attached hydrogen (secondary N) is 1. The molecule has 2 heterocycles. The van der Waals surface area contributed by atoms with Gasteiger partial charge in [-0.1, -0.05) is 18.2 Å². The van der Waals surface area contributed by atoms with E-state index in [-0.39, 0.29) is 36.2 Å². The van der Waals surface area contributed by atoms with Gasteiger partial charge in [-0.15, -0.1) is 11.8 Å². The molecule has 0 aliphatic carbocycles. The molecule has 2 aliphatic heterocycles. The fourth-order valence-corrected chi connectivity index (χ4v) is 4.89. The summed E-state index contributed by atoms with van der Waals surface area (Å²) in [6.45, 7) is 1.83. The minimum Gasteiger partial charge on any atom is -0.392 e. The molecule has 2 atom stereocenters. The Bertz CT molecular complexity index is 986. The Kier molecular flexibility index (Phi) is 6.60. The van der Waals surface area contributed by atoms with Gasteiger partial charge in [0.25, 0.3) is 0 Å². The van der Waals surface area contributed by atoms with Crippen molar-refractivity contribution in [2.45, 2.75) is 29.9 Å². The molecule has 2 aromatic rings. The normalized spacial score (nSPS) is 19.6. The number of likely N-dealkylation sites (N-methyl/N-ethyl adjacent to an activating group) is 1. The van der Waals surface area contributed by atoms with Gasteiger partial charge in [-0.05, 0) is 41.8 Å². The van der Waals surface area contributed by atoms with Crippen LogP contribution in [0.3, 0.4) is 0 Å². The van der Waals surface area contributed by atoms with E-state index in [0.717, 1.165) is 28.3 Å². The van der Waals surface area contributed by atoms with E-state index in [4.69, 9.17) is 0 Å². The number of amides is 2. The summed E-state index contributed by atoms with van der Waals surface area (Å²) in [6.07, 6.45) is 0.517. The SMILES string of the molecule is CN(C(=O)Cc1ccc2c(c1)NC(=O)CS2)[C@H](CN1CCC(O)C1)c1cccc(F)c1. The average molecular weight is 444 g/mol. The quantitative estimate of drug-likeness (QED) is 0.718. The highest BCUT2D eigenvalue weighted by Crippen LogP contribution is 2.32. The predicted molar refractivity (Wildman–Crippen MR) is 118 cm³/mol. The van der Waals surface area contributed by atoms with Crippen molar-refractivity contribution >= 4 is 29.3 Å². The lowest BCUT2D eigenvalue weighted by Gasteiger charge is -2.32. The Balaban J connectivity index is 1.51. The number of rotatable bonds is 6. The molecule has 31 heavy (non-hydrogen) atoms. The average Bonchev–Trinajstić information content (AvgIpc) is 3.16. The first-order chi connectivity index (χ1) is 14.9. The van der Waals surface area contributed by atoms with Gasteiger partial charge >= 0.3 is 0 Å². The number of nitrogens with zero attached hydrogens (tertiary/aromatic N) is 2. The minimum atomic E-state index is -0.363. The van der Waals surface area contributed by atoms with Crippen LogP contribution in [0.15, 0.2) is 47.4 Å². The number of carbonyl (C=O) groups excluding carboxylic acids is 2. The van der Waals surface area contributed by atoms with Gasteiger partial charge in [0.05, 0.1) is 30.0 Å². The van der Waals surface area contributed by atoms with Crippen LogP contribution in [0.5, 0.6) is 0 Å². The van der Waals surface area contributed by atoms with E-state index in [1.165, 1.54) is 23.9 Å². The van der Waals surface area contributed by atoms with Gasteiger partial charge in [0.2, 0.25) is 11.8 Å². The molecule has 6 nitrogen and oxygen atoms in total. The van der Waals surface area contributed by atoms with E-state index in [1.807, 2.05) is 24.3 Å². The van der Waals surface area contributed by atoms with E-state index >= 15 is 0 Å². The maximum atomic E-state index is 13.9. The van der Waals surface area contributed by atoms with Crippen LogP contribution in [0.25, 0.3) is 0 Å². The summed E-state index contributed by atoms with van der Waals surface area (Å²) in [4.78, 5) is 29.6. The molecule has 0 radical (unpaired) electrons. The topological polar surface area (TPSA) is 72.9 Å². The number of halogens is 1. The third-order valence-corrected chi connectivity index (χ3v) is 6.88. The van der Waals surface area contributed by atoms with Gasteiger partial charge in [-0.3, -0.25) is 14.5 Å². The van der Waals surface area contributed by atoms with Crippen molar-refractivity contribution in [2.24, 2.45) is 0 Å². The Morgan fingerprint density at radius 1 is 1.35 bits per heavy atom. The molecule has 0 saturated carbocycles. The molecule has 2 aliphatic rings. The molecule has 164 valence electrons. The second-order valence-electron chi connectivity index (χ2n) is 8.12. The van der Waals surface area contributed by atoms with Gasteiger partial charge in [-0.25, -0.2) is 4.39 Å². The summed E-state index contributed by atoms with van der Waals surface area (Å²) >= 11 is 1.48. The van der Waals surface area contributed by atoms with Gasteiger partial charge in [0, 0.05) is 31.6 Å². The zero-order valence-corrected chi connectivity index (χ0v) is 18.2. The summed E-state index contributed by atoms with van der Waals surface area (Å²) in [5.41, 5.74) is 2.28. The zero-order valence-electron chi connectivity index (χ0n) is 17.4. The van der Waals surface area contributed by atoms with Gasteiger partial charge in [0.15, 0.2) is 0 Å². The van der Waals surface area contributed by atoms with Crippen LogP contribution in [0, 0.1) is 5.82 Å². The van der Waals surface area contributed by atoms with Crippen molar-refractivity contribution in [1.29, 1.82) is 0 Å². The van der Waals surface area contributed by atoms with Gasteiger partial charge < -0.3 is 15.3 Å². The lowest BCUT2D eigenvalue weighted by Crippen LogP contribution is -2.39. The Morgan fingerprint density at radius 2 is 2.19 bits per heavy atom. The predicted octanol–water partition coefficient (Wildman–Crippen LogP) is 2.68. The highest BCUT2D eigenvalue weighted by Gasteiger charge is 2.28. The monoisotopic (exact) mass is 443 g/mol. The zero-order chi connectivity index (χ0) is 22.0. The first-order valence-electron chi connectivity index (χ1n) is 10.4. The van der Waals surface area contributed by atoms with Crippen LogP contribution >= 0.6 is 11.8 Å². The molecule has 4 rings (SSSR count). The number of benzene rings is 2. The molecule has 1 fully saturated rings. The fraction of sp³-hybridized carbons (Fsp3) is 0.391. The molecule has 8 heteroatoms. The Hall–Kier alpha value is -2.42. The molecular formula is C23H26FN3O3S. The second-order valence-corrected chi connectivity index (χ2v) is 9.14. The molecule has 1 unspecified atom stereocenters. The Morgan fingerprint density at radius 3 is 2.94 bits per heavy atom. The number of likely N-dealkylation sites (tertiary alicyclic amines) is 1. The molecule has 0 spiro atoms. The fourth-order valence-electron chi connectivity index (χ4n) is 4.10. The summed E-state index contributed by atoms with van der Waals surface area (Å²) in [7, 11) is 1.74. The molecule has 1 saturated heterocycles. The first kappa shape index (κ1) is 21.8. The summed E-state index contributed by atoms with van der Waals surface area (Å²) in [5.74, 6) is -0.0809. The van der Waals surface area contributed by atoms with E-state index in [0.29, 0.717) is 25.3 Å². The van der Waals surface area contributed by atoms with Crippen LogP contribution in [-0.4, -0.2) is 65.3 Å². The first-order valence-corrected chi connectivity index (χ1v) is 11.3. The third-order valence-electron chi connectivity index (χ3n) is 5.81. The minimum absolute atomic E-state index is 0.0444. The van der Waals surface area contributed by atoms with Crippen molar-refractivity contribution in [1.82, 2.24) is 9.80 Å². The van der Waals surface area contributed by atoms with E-state index < -0.39 is 0 Å². The Labute approximate surface area is 185 Å². The van der Waals surface area contributed by atoms with E-state index in [9.17, 15) is 19.1 Å². The van der Waals surface area contributed by atoms with E-state index in [1.54, 1.807) is 18.0 Å². The smallest absolute Gasteiger partial charge is 0.234 e. The molecule has 2 aromatic carbocycles. The van der Waals surface area contributed by atoms with Gasteiger partial charge in [0.1, 0.15) is 5.82 Å². The molecular weight excluding hydrogens is 417 g/mol. The lowest BCUT2D eigenvalue weighted by atomic mass is 10.0. The van der Waals surface area contributed by atoms with Crippen LogP contribution in [0.1, 0.15) is 23.6 Å². The number of hydrogen-bond acceptors (Lipinski definition) is 5. The van der Waals surface area contributed by atoms with Crippen LogP contribution in [0.2, 0.25) is 0 Å². The summed E-state index contributed by atoms with van der Waals surface area (Å²) in [5, 5.41) is 12.7. The number of hydrogen-bond donors (Lipinski definition) is 2. The van der Waals surface area contributed by atoms with Crippen LogP contribution in [-0.2, 0) is 16.0 Å². The molecule has 0 bridgehead atoms. The lowest BCUT2D eigenvalue weighted by molar-refractivity contribution is -0.131. The number of aliphatic hydroxyl groups excluding tert-OH is 1. The highest BCUT2D eigenvalue weighted by atomic mass is 32.2. The molecule has 0 aromatic heterocycles. The molecule has 2 N–H and O–H groups in total. The number of β-amino-alcohol motifs (C(OH)–C–C–N with tert-alkyl or cyclic N) is 1. The third kappa shape index (κ3) is 5.26. The van der Waals surface area contributed by atoms with Crippen LogP contribution in [0.4, 0.5) is 10.1 Å². The number of carbonyl (C=O) groups is 2. The van der Waals surface area contributed by atoms with Gasteiger partial charge in [-0.2, -0.15) is 0 Å². The van der Waals surface area contributed by atoms with Crippen molar-refractivity contribution < 1.29 is 19.1 Å². The largest absolute Gasteiger partial charge is 0.392 e. The summed E-state index contributed by atoms with van der Waals surface area (Å²) < 4.78 is 13.9. The second kappa shape index (κ2) is 9.38. The van der Waals surface area contributed by atoms with Crippen molar-refractivity contribution in [2.75, 3.05) is 37.8 Å². The maximum absolute atomic E-state index is 13.9. The van der Waals surface area contributed by atoms with Crippen molar-refractivity contribution in [3.05, 3.63) is 59.4 Å². The maximum Gasteiger partial charge on any atom is 0.234 e.